The van der Waals surface area contributed by atoms with Crippen LogP contribution >= 0.6 is 27.5 Å². The van der Waals surface area contributed by atoms with Crippen molar-refractivity contribution in [2.24, 2.45) is 0 Å². The van der Waals surface area contributed by atoms with E-state index in [4.69, 9.17) is 21.1 Å². The van der Waals surface area contributed by atoms with Crippen LogP contribution in [0.3, 0.4) is 0 Å². The van der Waals surface area contributed by atoms with E-state index in [1.165, 1.54) is 14.2 Å². The van der Waals surface area contributed by atoms with Gasteiger partial charge in [-0.25, -0.2) is 0 Å². The number of nitrogens with one attached hydrogen (secondary N) is 1. The molecule has 7 heteroatoms. The predicted molar refractivity (Wildman–Crippen MR) is 117 cm³/mol. The molecular weight excluding hydrogens is 458 g/mol. The average molecular weight is 475 g/mol. The van der Waals surface area contributed by atoms with Gasteiger partial charge in [-0.05, 0) is 48.5 Å². The average Bonchev–Trinajstić information content (AvgIpc) is 2.74. The SMILES string of the molecule is COc1ccc(OC)c(C(=O)Nc2ccc(Br)cc2C(=O)c2ccccc2Cl)c1. The molecule has 0 aromatic heterocycles. The molecule has 3 aromatic rings. The van der Waals surface area contributed by atoms with E-state index in [0.717, 1.165) is 0 Å². The van der Waals surface area contributed by atoms with E-state index in [1.807, 2.05) is 0 Å². The van der Waals surface area contributed by atoms with Gasteiger partial charge in [-0.2, -0.15) is 0 Å². The van der Waals surface area contributed by atoms with Crippen LogP contribution in [-0.2, 0) is 0 Å². The lowest BCUT2D eigenvalue weighted by atomic mass is 10.0. The number of hydrogen-bond donors (Lipinski definition) is 1. The molecule has 0 aliphatic carbocycles. The molecule has 0 heterocycles. The maximum atomic E-state index is 13.1. The van der Waals surface area contributed by atoms with Crippen molar-refractivity contribution in [3.63, 3.8) is 0 Å². The molecule has 0 radical (unpaired) electrons. The molecule has 3 rings (SSSR count). The quantitative estimate of drug-likeness (QED) is 0.472. The number of carbonyl (C=O) groups excluding carboxylic acids is 2. The summed E-state index contributed by atoms with van der Waals surface area (Å²) in [7, 11) is 2.99. The largest absolute Gasteiger partial charge is 0.497 e. The lowest BCUT2D eigenvalue weighted by molar-refractivity contribution is 0.102. The van der Waals surface area contributed by atoms with Crippen molar-refractivity contribution in [2.45, 2.75) is 0 Å². The first-order valence-corrected chi connectivity index (χ1v) is 9.74. The number of hydrogen-bond acceptors (Lipinski definition) is 4. The fourth-order valence-corrected chi connectivity index (χ4v) is 3.37. The summed E-state index contributed by atoms with van der Waals surface area (Å²) in [6, 6.07) is 16.7. The molecule has 0 bridgehead atoms. The zero-order chi connectivity index (χ0) is 21.0. The Labute approximate surface area is 181 Å². The van der Waals surface area contributed by atoms with E-state index >= 15 is 0 Å². The molecule has 0 aliphatic rings. The molecule has 5 nitrogen and oxygen atoms in total. The van der Waals surface area contributed by atoms with Gasteiger partial charge in [0.25, 0.3) is 5.91 Å². The molecule has 1 amide bonds. The lowest BCUT2D eigenvalue weighted by Crippen LogP contribution is -2.16. The van der Waals surface area contributed by atoms with Crippen LogP contribution < -0.4 is 14.8 Å². The zero-order valence-corrected chi connectivity index (χ0v) is 18.0. The molecule has 0 atom stereocenters. The van der Waals surface area contributed by atoms with E-state index in [1.54, 1.807) is 60.7 Å². The highest BCUT2D eigenvalue weighted by atomic mass is 79.9. The van der Waals surface area contributed by atoms with Crippen molar-refractivity contribution in [1.82, 2.24) is 0 Å². The van der Waals surface area contributed by atoms with Gasteiger partial charge in [0.15, 0.2) is 5.78 Å². The maximum absolute atomic E-state index is 13.1. The van der Waals surface area contributed by atoms with Crippen molar-refractivity contribution >= 4 is 44.9 Å². The highest BCUT2D eigenvalue weighted by Gasteiger charge is 2.20. The molecular formula is C22H17BrClNO4. The molecule has 0 fully saturated rings. The van der Waals surface area contributed by atoms with E-state index < -0.39 is 5.91 Å². The van der Waals surface area contributed by atoms with Gasteiger partial charge in [0.05, 0.1) is 30.5 Å². The van der Waals surface area contributed by atoms with E-state index in [-0.39, 0.29) is 11.3 Å². The molecule has 0 saturated carbocycles. The van der Waals surface area contributed by atoms with Crippen LogP contribution in [0.4, 0.5) is 5.69 Å². The summed E-state index contributed by atoms with van der Waals surface area (Å²) in [6.07, 6.45) is 0. The Balaban J connectivity index is 2.00. The van der Waals surface area contributed by atoms with Crippen LogP contribution in [0.2, 0.25) is 5.02 Å². The number of ketones is 1. The van der Waals surface area contributed by atoms with Crippen LogP contribution in [0.5, 0.6) is 11.5 Å². The van der Waals surface area contributed by atoms with E-state index in [2.05, 4.69) is 21.2 Å². The molecule has 0 unspecified atom stereocenters. The lowest BCUT2D eigenvalue weighted by Gasteiger charge is -2.14. The molecule has 0 spiro atoms. The van der Waals surface area contributed by atoms with Gasteiger partial charge in [-0.3, -0.25) is 9.59 Å². The summed E-state index contributed by atoms with van der Waals surface area (Å²) in [5, 5.41) is 3.13. The first kappa shape index (κ1) is 20.9. The van der Waals surface area contributed by atoms with Crippen LogP contribution in [0.15, 0.2) is 65.1 Å². The molecule has 0 aliphatic heterocycles. The summed E-state index contributed by atoms with van der Waals surface area (Å²) in [4.78, 5) is 26.0. The molecule has 3 aromatic carbocycles. The van der Waals surface area contributed by atoms with E-state index in [0.29, 0.717) is 37.8 Å². The number of methoxy groups -OCH3 is 2. The Hall–Kier alpha value is -2.83. The third-order valence-electron chi connectivity index (χ3n) is 4.24. The number of benzene rings is 3. The topological polar surface area (TPSA) is 64.6 Å². The van der Waals surface area contributed by atoms with Gasteiger partial charge in [-0.1, -0.05) is 39.7 Å². The Morgan fingerprint density at radius 3 is 2.34 bits per heavy atom. The van der Waals surface area contributed by atoms with Crippen molar-refractivity contribution in [1.29, 1.82) is 0 Å². The standard InChI is InChI=1S/C22H17BrClNO4/c1-28-14-8-10-20(29-2)17(12-14)22(27)25-19-9-7-13(23)11-16(19)21(26)15-5-3-4-6-18(15)24/h3-12H,1-2H3,(H,25,27). The van der Waals surface area contributed by atoms with Crippen molar-refractivity contribution < 1.29 is 19.1 Å². The number of anilines is 1. The third-order valence-corrected chi connectivity index (χ3v) is 5.07. The fourth-order valence-electron chi connectivity index (χ4n) is 2.78. The second kappa shape index (κ2) is 9.11. The number of halogens is 2. The van der Waals surface area contributed by atoms with E-state index in [9.17, 15) is 9.59 Å². The van der Waals surface area contributed by atoms with Gasteiger partial charge >= 0.3 is 0 Å². The van der Waals surface area contributed by atoms with Gasteiger partial charge < -0.3 is 14.8 Å². The summed E-state index contributed by atoms with van der Waals surface area (Å²) >= 11 is 9.56. The molecule has 1 N–H and O–H groups in total. The second-order valence-electron chi connectivity index (χ2n) is 6.02. The van der Waals surface area contributed by atoms with Gasteiger partial charge in [0.1, 0.15) is 11.5 Å². The van der Waals surface area contributed by atoms with Gasteiger partial charge in [-0.15, -0.1) is 0 Å². The van der Waals surface area contributed by atoms with Crippen molar-refractivity contribution in [3.8, 4) is 11.5 Å². The Morgan fingerprint density at radius 2 is 1.66 bits per heavy atom. The first-order chi connectivity index (χ1) is 13.9. The van der Waals surface area contributed by atoms with Crippen LogP contribution in [0.1, 0.15) is 26.3 Å². The Kier molecular flexibility index (Phi) is 6.56. The first-order valence-electron chi connectivity index (χ1n) is 8.56. The van der Waals surface area contributed by atoms with Crippen LogP contribution in [-0.4, -0.2) is 25.9 Å². The fraction of sp³-hybridized carbons (Fsp3) is 0.0909. The van der Waals surface area contributed by atoms with Gasteiger partial charge in [0.2, 0.25) is 0 Å². The smallest absolute Gasteiger partial charge is 0.259 e. The zero-order valence-electron chi connectivity index (χ0n) is 15.7. The second-order valence-corrected chi connectivity index (χ2v) is 7.34. The minimum atomic E-state index is -0.434. The monoisotopic (exact) mass is 473 g/mol. The molecule has 148 valence electrons. The summed E-state index contributed by atoms with van der Waals surface area (Å²) in [6.45, 7) is 0. The Morgan fingerprint density at radius 1 is 0.897 bits per heavy atom. The number of ether oxygens (including phenoxy) is 2. The van der Waals surface area contributed by atoms with Crippen LogP contribution in [0.25, 0.3) is 0 Å². The van der Waals surface area contributed by atoms with Crippen LogP contribution in [0, 0.1) is 0 Å². The minimum absolute atomic E-state index is 0.283. The van der Waals surface area contributed by atoms with Crippen molar-refractivity contribution in [3.05, 3.63) is 86.8 Å². The van der Waals surface area contributed by atoms with Crippen molar-refractivity contribution in [2.75, 3.05) is 19.5 Å². The molecule has 0 saturated heterocycles. The Bertz CT molecular complexity index is 1080. The molecule has 29 heavy (non-hydrogen) atoms. The number of carbonyl (C=O) groups is 2. The number of rotatable bonds is 6. The maximum Gasteiger partial charge on any atom is 0.259 e. The highest BCUT2D eigenvalue weighted by Crippen LogP contribution is 2.29. The number of amides is 1. The summed E-state index contributed by atoms with van der Waals surface area (Å²) < 4.78 is 11.2. The van der Waals surface area contributed by atoms with Gasteiger partial charge in [0, 0.05) is 15.6 Å². The normalized spacial score (nSPS) is 10.3. The summed E-state index contributed by atoms with van der Waals surface area (Å²) in [5.41, 5.74) is 1.29. The third kappa shape index (κ3) is 4.60. The minimum Gasteiger partial charge on any atom is -0.497 e. The predicted octanol–water partition coefficient (Wildman–Crippen LogP) is 5.60. The highest BCUT2D eigenvalue weighted by molar-refractivity contribution is 9.10. The summed E-state index contributed by atoms with van der Waals surface area (Å²) in [5.74, 6) is 0.166.